The van der Waals surface area contributed by atoms with Gasteiger partial charge in [0, 0.05) is 20.5 Å². The summed E-state index contributed by atoms with van der Waals surface area (Å²) in [5.41, 5.74) is 0.739. The van der Waals surface area contributed by atoms with E-state index in [2.05, 4.69) is 0 Å². The molecule has 5 nitrogen and oxygen atoms in total. The molecule has 0 radical (unpaired) electrons. The van der Waals surface area contributed by atoms with Crippen LogP contribution in [0.1, 0.15) is 25.0 Å². The number of esters is 2. The van der Waals surface area contributed by atoms with E-state index in [-0.39, 0.29) is 41.6 Å². The number of carbonyl (C=O) groups excluding carboxylic acids is 2. The maximum atomic E-state index is 12.2. The molecule has 0 bridgehead atoms. The second-order valence-corrected chi connectivity index (χ2v) is 4.77. The summed E-state index contributed by atoms with van der Waals surface area (Å²) in [4.78, 5) is 23.1. The van der Waals surface area contributed by atoms with Gasteiger partial charge in [0.15, 0.2) is 6.10 Å². The Balaban J connectivity index is 0.00000242. The third kappa shape index (κ3) is 5.25. The van der Waals surface area contributed by atoms with Crippen LogP contribution in [-0.2, 0) is 23.8 Å². The van der Waals surface area contributed by atoms with E-state index >= 15 is 0 Å². The van der Waals surface area contributed by atoms with Crippen molar-refractivity contribution in [1.29, 1.82) is 0 Å². The zero-order valence-corrected chi connectivity index (χ0v) is 12.0. The van der Waals surface area contributed by atoms with Crippen molar-refractivity contribution < 1.29 is 23.8 Å². The van der Waals surface area contributed by atoms with Gasteiger partial charge in [-0.1, -0.05) is 30.3 Å². The summed E-state index contributed by atoms with van der Waals surface area (Å²) in [6.45, 7) is 1.35. The van der Waals surface area contributed by atoms with Gasteiger partial charge in [0.1, 0.15) is 12.2 Å². The van der Waals surface area contributed by atoms with Gasteiger partial charge in [-0.05, 0) is 17.7 Å². The predicted octanol–water partition coefficient (Wildman–Crippen LogP) is 1.53. The molecule has 1 aliphatic carbocycles. The van der Waals surface area contributed by atoms with Gasteiger partial charge in [0.25, 0.3) is 0 Å². The van der Waals surface area contributed by atoms with Crippen molar-refractivity contribution in [3.05, 3.63) is 48.0 Å². The fourth-order valence-electron chi connectivity index (χ4n) is 2.23. The van der Waals surface area contributed by atoms with Crippen LogP contribution in [-0.4, -0.2) is 60.8 Å². The van der Waals surface area contributed by atoms with E-state index in [0.29, 0.717) is 6.42 Å². The van der Waals surface area contributed by atoms with Crippen molar-refractivity contribution in [1.82, 2.24) is 0 Å². The Kier molecular flexibility index (Phi) is 7.82. The molecule has 0 aliphatic heterocycles. The second-order valence-electron chi connectivity index (χ2n) is 4.77. The van der Waals surface area contributed by atoms with E-state index in [4.69, 9.17) is 14.2 Å². The standard InChI is InChI=1S/C16H18O5.Na.H/c1-11(17)20-13-8-9-14(10-13)21-16(18)15(19-2)12-6-4-3-5-7-12;;/h3-9,13-15H,10H2,1-2H3;;. The maximum absolute atomic E-state index is 12.2. The third-order valence-corrected chi connectivity index (χ3v) is 3.14. The van der Waals surface area contributed by atoms with Crippen LogP contribution >= 0.6 is 0 Å². The molecule has 0 heterocycles. The number of hydrogen-bond donors (Lipinski definition) is 0. The van der Waals surface area contributed by atoms with Gasteiger partial charge in [-0.2, -0.15) is 0 Å². The molecule has 1 aromatic carbocycles. The Labute approximate surface area is 151 Å². The Morgan fingerprint density at radius 2 is 1.68 bits per heavy atom. The molecule has 0 fully saturated rings. The van der Waals surface area contributed by atoms with Crippen LogP contribution in [0.5, 0.6) is 0 Å². The number of carbonyl (C=O) groups is 2. The Morgan fingerprint density at radius 1 is 1.09 bits per heavy atom. The fraction of sp³-hybridized carbons (Fsp3) is 0.375. The van der Waals surface area contributed by atoms with Crippen LogP contribution in [0.3, 0.4) is 0 Å². The first kappa shape index (κ1) is 18.9. The summed E-state index contributed by atoms with van der Waals surface area (Å²) >= 11 is 0. The normalized spacial score (nSPS) is 20.8. The zero-order chi connectivity index (χ0) is 15.2. The molecule has 2 rings (SSSR count). The van der Waals surface area contributed by atoms with Crippen LogP contribution in [0.15, 0.2) is 42.5 Å². The number of hydrogen-bond acceptors (Lipinski definition) is 5. The molecule has 3 unspecified atom stereocenters. The molecule has 0 amide bonds. The first-order valence-corrected chi connectivity index (χ1v) is 6.74. The first-order chi connectivity index (χ1) is 10.1. The Bertz CT molecular complexity index is 529. The number of methoxy groups -OCH3 is 1. The summed E-state index contributed by atoms with van der Waals surface area (Å²) in [7, 11) is 1.46. The van der Waals surface area contributed by atoms with E-state index < -0.39 is 18.2 Å². The van der Waals surface area contributed by atoms with Gasteiger partial charge in [0.05, 0.1) is 0 Å². The van der Waals surface area contributed by atoms with Crippen molar-refractivity contribution in [3.63, 3.8) is 0 Å². The van der Waals surface area contributed by atoms with E-state index in [1.807, 2.05) is 30.3 Å². The minimum absolute atomic E-state index is 0. The van der Waals surface area contributed by atoms with Crippen LogP contribution in [0, 0.1) is 0 Å². The quantitative estimate of drug-likeness (QED) is 0.468. The third-order valence-electron chi connectivity index (χ3n) is 3.14. The van der Waals surface area contributed by atoms with Crippen LogP contribution in [0.4, 0.5) is 0 Å². The first-order valence-electron chi connectivity index (χ1n) is 6.74. The average Bonchev–Trinajstić information content (AvgIpc) is 2.87. The van der Waals surface area contributed by atoms with Crippen LogP contribution in [0.2, 0.25) is 0 Å². The van der Waals surface area contributed by atoms with Gasteiger partial charge >= 0.3 is 41.5 Å². The number of benzene rings is 1. The molecule has 1 aliphatic rings. The number of rotatable bonds is 5. The predicted molar refractivity (Wildman–Crippen MR) is 82.5 cm³/mol. The summed E-state index contributed by atoms with van der Waals surface area (Å²) in [6.07, 6.45) is 2.40. The molecule has 22 heavy (non-hydrogen) atoms. The average molecular weight is 314 g/mol. The molecule has 0 spiro atoms. The van der Waals surface area contributed by atoms with Crippen molar-refractivity contribution in [2.45, 2.75) is 31.7 Å². The van der Waals surface area contributed by atoms with Crippen molar-refractivity contribution in [3.8, 4) is 0 Å². The topological polar surface area (TPSA) is 61.8 Å². The van der Waals surface area contributed by atoms with Gasteiger partial charge < -0.3 is 14.2 Å². The molecule has 0 N–H and O–H groups in total. The zero-order valence-electron chi connectivity index (χ0n) is 12.0. The summed E-state index contributed by atoms with van der Waals surface area (Å²) in [5.74, 6) is -0.808. The van der Waals surface area contributed by atoms with Crippen LogP contribution < -0.4 is 0 Å². The molecule has 3 atom stereocenters. The van der Waals surface area contributed by atoms with Gasteiger partial charge in [0.2, 0.25) is 0 Å². The SMILES string of the molecule is COC(C(=O)OC1C=CC(OC(C)=O)C1)c1ccccc1.[NaH]. The van der Waals surface area contributed by atoms with E-state index in [1.165, 1.54) is 14.0 Å². The molecule has 0 saturated carbocycles. The van der Waals surface area contributed by atoms with Gasteiger partial charge in [-0.3, -0.25) is 4.79 Å². The summed E-state index contributed by atoms with van der Waals surface area (Å²) in [5, 5.41) is 0. The van der Waals surface area contributed by atoms with E-state index in [1.54, 1.807) is 12.2 Å². The minimum atomic E-state index is -0.757. The molecular weight excluding hydrogens is 295 g/mol. The monoisotopic (exact) mass is 314 g/mol. The molecule has 114 valence electrons. The summed E-state index contributed by atoms with van der Waals surface area (Å²) in [6, 6.07) is 9.15. The molecule has 6 heteroatoms. The molecular formula is C16H19NaO5. The Hall–Kier alpha value is -1.14. The molecule has 0 aromatic heterocycles. The van der Waals surface area contributed by atoms with Crippen molar-refractivity contribution in [2.24, 2.45) is 0 Å². The van der Waals surface area contributed by atoms with Crippen LogP contribution in [0.25, 0.3) is 0 Å². The molecule has 1 aromatic rings. The van der Waals surface area contributed by atoms with Gasteiger partial charge in [-0.25, -0.2) is 4.79 Å². The number of ether oxygens (including phenoxy) is 3. The van der Waals surface area contributed by atoms with Crippen molar-refractivity contribution >= 4 is 41.5 Å². The van der Waals surface area contributed by atoms with Gasteiger partial charge in [-0.15, -0.1) is 0 Å². The Morgan fingerprint density at radius 3 is 2.23 bits per heavy atom. The van der Waals surface area contributed by atoms with E-state index in [9.17, 15) is 9.59 Å². The van der Waals surface area contributed by atoms with Crippen molar-refractivity contribution in [2.75, 3.05) is 7.11 Å². The molecule has 0 saturated heterocycles. The summed E-state index contributed by atoms with van der Waals surface area (Å²) < 4.78 is 15.7. The second kappa shape index (κ2) is 9.10. The van der Waals surface area contributed by atoms with E-state index in [0.717, 1.165) is 5.56 Å². The fourth-order valence-corrected chi connectivity index (χ4v) is 2.23.